The van der Waals surface area contributed by atoms with E-state index in [1.165, 1.54) is 120 Å². The molecule has 2 aromatic rings. The molecule has 0 aromatic heterocycles. The zero-order valence-electron chi connectivity index (χ0n) is 25.2. The summed E-state index contributed by atoms with van der Waals surface area (Å²) >= 11 is 0. The molecule has 1 N–H and O–H groups in total. The van der Waals surface area contributed by atoms with Crippen molar-refractivity contribution in [1.29, 1.82) is 0 Å². The van der Waals surface area contributed by atoms with Gasteiger partial charge in [0.15, 0.2) is 0 Å². The molecule has 0 radical (unpaired) electrons. The highest BCUT2D eigenvalue weighted by Gasteiger charge is 2.42. The van der Waals surface area contributed by atoms with Crippen LogP contribution < -0.4 is 0 Å². The molecule has 4 heteroatoms. The Morgan fingerprint density at radius 3 is 1.55 bits per heavy atom. The molecule has 1 atom stereocenters. The molecule has 0 amide bonds. The largest absolute Gasteiger partial charge is 0.326 e. The average molecular weight is 567 g/mol. The van der Waals surface area contributed by atoms with Crippen molar-refractivity contribution >= 4 is 8.25 Å². The molecule has 0 spiro atoms. The number of rotatable bonds is 16. The first-order valence-corrected chi connectivity index (χ1v) is 18.0. The third-order valence-corrected chi connectivity index (χ3v) is 10.3. The van der Waals surface area contributed by atoms with Crippen molar-refractivity contribution in [2.45, 2.75) is 153 Å². The van der Waals surface area contributed by atoms with Gasteiger partial charge < -0.3 is 4.89 Å². The first-order valence-electron chi connectivity index (χ1n) is 16.8. The van der Waals surface area contributed by atoms with Crippen molar-refractivity contribution in [3.63, 3.8) is 0 Å². The van der Waals surface area contributed by atoms with Crippen molar-refractivity contribution in [3.05, 3.63) is 70.8 Å². The van der Waals surface area contributed by atoms with Gasteiger partial charge in [0.25, 0.3) is 0 Å². The maximum atomic E-state index is 12.8. The van der Waals surface area contributed by atoms with Crippen LogP contribution in [0.1, 0.15) is 169 Å². The average Bonchev–Trinajstić information content (AvgIpc) is 3.00. The lowest BCUT2D eigenvalue weighted by Gasteiger charge is -2.40. The second kappa shape index (κ2) is 16.9. The Balaban J connectivity index is 1.68. The Morgan fingerprint density at radius 2 is 1.10 bits per heavy atom. The van der Waals surface area contributed by atoms with Crippen LogP contribution in [0.5, 0.6) is 0 Å². The van der Waals surface area contributed by atoms with Gasteiger partial charge in [0.1, 0.15) is 5.60 Å². The van der Waals surface area contributed by atoms with Gasteiger partial charge in [0.05, 0.1) is 0 Å². The molecule has 0 bridgehead atoms. The van der Waals surface area contributed by atoms with E-state index in [2.05, 4.69) is 55.5 Å². The third kappa shape index (κ3) is 8.56. The van der Waals surface area contributed by atoms with Crippen molar-refractivity contribution in [3.8, 4) is 0 Å². The summed E-state index contributed by atoms with van der Waals surface area (Å²) < 4.78 is 19.2. The van der Waals surface area contributed by atoms with E-state index >= 15 is 0 Å². The SMILES string of the molecule is CCCCCCCCCCCC(O[PH](=O)O)(c1ccccc1C1CCCCC1)c1ccccc1C1CCCCC1. The van der Waals surface area contributed by atoms with Gasteiger partial charge >= 0.3 is 8.25 Å². The molecule has 222 valence electrons. The first-order chi connectivity index (χ1) is 19.7. The molecule has 0 heterocycles. The minimum absolute atomic E-state index is 0.499. The fraction of sp³-hybridized carbons (Fsp3) is 0.667. The summed E-state index contributed by atoms with van der Waals surface area (Å²) in [4.78, 5) is 10.5. The Kier molecular flexibility index (Phi) is 13.3. The van der Waals surface area contributed by atoms with E-state index in [9.17, 15) is 9.46 Å². The van der Waals surface area contributed by atoms with Crippen LogP contribution in [-0.4, -0.2) is 4.89 Å². The number of benzene rings is 2. The van der Waals surface area contributed by atoms with E-state index in [4.69, 9.17) is 4.52 Å². The van der Waals surface area contributed by atoms with E-state index in [1.54, 1.807) is 0 Å². The van der Waals surface area contributed by atoms with Gasteiger partial charge in [-0.05, 0) is 72.6 Å². The van der Waals surface area contributed by atoms with Crippen LogP contribution in [0.2, 0.25) is 0 Å². The molecule has 4 rings (SSSR count). The maximum Gasteiger partial charge on any atom is 0.317 e. The van der Waals surface area contributed by atoms with E-state index < -0.39 is 13.9 Å². The zero-order chi connectivity index (χ0) is 28.0. The van der Waals surface area contributed by atoms with Gasteiger partial charge in [0, 0.05) is 0 Å². The van der Waals surface area contributed by atoms with Crippen LogP contribution in [0, 0.1) is 0 Å². The van der Waals surface area contributed by atoms with Gasteiger partial charge in [-0.25, -0.2) is 0 Å². The maximum absolute atomic E-state index is 12.8. The molecular weight excluding hydrogens is 511 g/mol. The smallest absolute Gasteiger partial charge is 0.317 e. The monoisotopic (exact) mass is 566 g/mol. The highest BCUT2D eigenvalue weighted by molar-refractivity contribution is 7.32. The fourth-order valence-corrected chi connectivity index (χ4v) is 8.30. The summed E-state index contributed by atoms with van der Waals surface area (Å²) in [6, 6.07) is 17.6. The van der Waals surface area contributed by atoms with Crippen LogP contribution in [0.4, 0.5) is 0 Å². The summed E-state index contributed by atoms with van der Waals surface area (Å²) in [6.45, 7) is 2.27. The van der Waals surface area contributed by atoms with Crippen molar-refractivity contribution < 1.29 is 14.0 Å². The van der Waals surface area contributed by atoms with Gasteiger partial charge in [-0.1, -0.05) is 145 Å². The molecule has 0 aliphatic heterocycles. The van der Waals surface area contributed by atoms with E-state index in [0.29, 0.717) is 11.8 Å². The lowest BCUT2D eigenvalue weighted by molar-refractivity contribution is 0.0881. The van der Waals surface area contributed by atoms with Crippen LogP contribution in [0.15, 0.2) is 48.5 Å². The van der Waals surface area contributed by atoms with Crippen LogP contribution in [0.25, 0.3) is 0 Å². The highest BCUT2D eigenvalue weighted by atomic mass is 31.1. The molecule has 40 heavy (non-hydrogen) atoms. The molecule has 0 saturated heterocycles. The molecular formula is C36H55O3P. The molecule has 2 saturated carbocycles. The fourth-order valence-electron chi connectivity index (χ4n) is 7.68. The van der Waals surface area contributed by atoms with Gasteiger partial charge in [-0.3, -0.25) is 9.09 Å². The quantitative estimate of drug-likeness (QED) is 0.162. The summed E-state index contributed by atoms with van der Waals surface area (Å²) in [5.74, 6) is 0.998. The first kappa shape index (κ1) is 31.5. The third-order valence-electron chi connectivity index (χ3n) is 9.78. The molecule has 2 fully saturated rings. The Labute approximate surface area is 245 Å². The van der Waals surface area contributed by atoms with Crippen LogP contribution in [0.3, 0.4) is 0 Å². The number of unbranched alkanes of at least 4 members (excludes halogenated alkanes) is 8. The van der Waals surface area contributed by atoms with E-state index in [0.717, 1.165) is 30.4 Å². The Hall–Kier alpha value is -1.41. The number of hydrogen-bond acceptors (Lipinski definition) is 2. The second-order valence-corrected chi connectivity index (χ2v) is 13.4. The van der Waals surface area contributed by atoms with Gasteiger partial charge in [0.2, 0.25) is 0 Å². The Bertz CT molecular complexity index is 961. The lowest BCUT2D eigenvalue weighted by Crippen LogP contribution is -2.33. The van der Waals surface area contributed by atoms with E-state index in [-0.39, 0.29) is 0 Å². The van der Waals surface area contributed by atoms with Crippen molar-refractivity contribution in [1.82, 2.24) is 0 Å². The van der Waals surface area contributed by atoms with Crippen LogP contribution in [-0.2, 0) is 14.7 Å². The standard InChI is InChI=1S/C36H55O3P/c1-2-3-4-5-6-7-8-9-20-29-36(39-40(37)38,34-27-18-16-25-32(34)30-21-12-10-13-22-30)35-28-19-17-26-33(35)31-23-14-11-15-24-31/h16-19,25-28,30-31,40H,2-15,20-24,29H2,1H3,(H,37,38). The molecule has 1 unspecified atom stereocenters. The summed E-state index contributed by atoms with van der Waals surface area (Å²) in [5.41, 5.74) is 4.11. The predicted molar refractivity (Wildman–Crippen MR) is 169 cm³/mol. The van der Waals surface area contributed by atoms with Gasteiger partial charge in [-0.15, -0.1) is 0 Å². The zero-order valence-corrected chi connectivity index (χ0v) is 26.2. The number of hydrogen-bond donors (Lipinski definition) is 1. The molecule has 2 aliphatic rings. The predicted octanol–water partition coefficient (Wildman–Crippen LogP) is 11.3. The van der Waals surface area contributed by atoms with Crippen molar-refractivity contribution in [2.75, 3.05) is 0 Å². The normalized spacial score (nSPS) is 18.1. The minimum atomic E-state index is -3.19. The lowest BCUT2D eigenvalue weighted by atomic mass is 9.71. The summed E-state index contributed by atoms with van der Waals surface area (Å²) in [6.07, 6.45) is 24.5. The minimum Gasteiger partial charge on any atom is -0.326 e. The van der Waals surface area contributed by atoms with Crippen molar-refractivity contribution in [2.24, 2.45) is 0 Å². The molecule has 3 nitrogen and oxygen atoms in total. The summed E-state index contributed by atoms with van der Waals surface area (Å²) in [7, 11) is -3.19. The summed E-state index contributed by atoms with van der Waals surface area (Å²) in [5, 5.41) is 0. The molecule has 2 aromatic carbocycles. The second-order valence-electron chi connectivity index (χ2n) is 12.6. The Morgan fingerprint density at radius 1 is 0.675 bits per heavy atom. The highest BCUT2D eigenvalue weighted by Crippen LogP contribution is 2.51. The molecule has 2 aliphatic carbocycles. The topological polar surface area (TPSA) is 46.5 Å². The van der Waals surface area contributed by atoms with Gasteiger partial charge in [-0.2, -0.15) is 0 Å². The van der Waals surface area contributed by atoms with Crippen LogP contribution >= 0.6 is 8.25 Å². The van der Waals surface area contributed by atoms with E-state index in [1.807, 2.05) is 0 Å².